The minimum Gasteiger partial charge on any atom is -0.349 e. The molecule has 0 radical (unpaired) electrons. The maximum absolute atomic E-state index is 4.42. The molecule has 0 bridgehead atoms. The van der Waals surface area contributed by atoms with Crippen LogP contribution in [-0.2, 0) is 13.6 Å². The molecule has 2 aromatic rings. The fraction of sp³-hybridized carbons (Fsp3) is 0.471. The number of benzene rings is 1. The molecule has 6 nitrogen and oxygen atoms in total. The molecule has 8 heteroatoms. The fourth-order valence-electron chi connectivity index (χ4n) is 2.86. The summed E-state index contributed by atoms with van der Waals surface area (Å²) < 4.78 is 1.78. The Bertz CT molecular complexity index is 675. The van der Waals surface area contributed by atoms with Crippen LogP contribution in [0.5, 0.6) is 0 Å². The van der Waals surface area contributed by atoms with Gasteiger partial charge < -0.3 is 10.2 Å². The summed E-state index contributed by atoms with van der Waals surface area (Å²) in [6.45, 7) is 2.75. The predicted molar refractivity (Wildman–Crippen MR) is 113 cm³/mol. The topological polar surface area (TPSA) is 58.3 Å². The number of aromatic nitrogens is 3. The molecule has 0 aliphatic carbocycles. The molecule has 0 saturated carbocycles. The molecule has 1 saturated heterocycles. The lowest BCUT2D eigenvalue weighted by Gasteiger charge is -2.21. The molecule has 2 heterocycles. The Morgan fingerprint density at radius 1 is 1.36 bits per heavy atom. The first kappa shape index (κ1) is 20.0. The number of rotatable bonds is 5. The van der Waals surface area contributed by atoms with Gasteiger partial charge in [-0.2, -0.15) is 5.10 Å². The van der Waals surface area contributed by atoms with E-state index in [1.54, 1.807) is 11.0 Å². The van der Waals surface area contributed by atoms with E-state index in [1.807, 2.05) is 25.9 Å². The lowest BCUT2D eigenvalue weighted by Crippen LogP contribution is -2.40. The van der Waals surface area contributed by atoms with E-state index in [-0.39, 0.29) is 24.0 Å². The number of halogens is 1. The van der Waals surface area contributed by atoms with Gasteiger partial charge >= 0.3 is 0 Å². The molecule has 136 valence electrons. The summed E-state index contributed by atoms with van der Waals surface area (Å²) in [6, 6.07) is 10.6. The van der Waals surface area contributed by atoms with Crippen LogP contribution in [0.1, 0.15) is 12.2 Å². The van der Waals surface area contributed by atoms with Crippen LogP contribution in [0.25, 0.3) is 0 Å². The Labute approximate surface area is 170 Å². The summed E-state index contributed by atoms with van der Waals surface area (Å²) in [7, 11) is 3.74. The normalized spacial score (nSPS) is 17.4. The van der Waals surface area contributed by atoms with Crippen LogP contribution in [0.4, 0.5) is 0 Å². The van der Waals surface area contributed by atoms with Crippen LogP contribution < -0.4 is 5.32 Å². The van der Waals surface area contributed by atoms with Crippen LogP contribution in [0.3, 0.4) is 0 Å². The van der Waals surface area contributed by atoms with Gasteiger partial charge in [-0.15, -0.1) is 35.7 Å². The highest BCUT2D eigenvalue weighted by Gasteiger charge is 2.25. The minimum atomic E-state index is 0. The molecule has 1 atom stereocenters. The number of guanidine groups is 1. The molecular formula is C17H25IN6S. The summed E-state index contributed by atoms with van der Waals surface area (Å²) in [5.41, 5.74) is 0. The molecule has 1 unspecified atom stereocenters. The Morgan fingerprint density at radius 2 is 2.16 bits per heavy atom. The highest BCUT2D eigenvalue weighted by molar-refractivity contribution is 14.0. The van der Waals surface area contributed by atoms with Crippen molar-refractivity contribution >= 4 is 41.7 Å². The van der Waals surface area contributed by atoms with Crippen LogP contribution >= 0.6 is 35.7 Å². The molecule has 25 heavy (non-hydrogen) atoms. The first-order valence-corrected chi connectivity index (χ1v) is 9.21. The lowest BCUT2D eigenvalue weighted by molar-refractivity contribution is 0.471. The molecular weight excluding hydrogens is 447 g/mol. The van der Waals surface area contributed by atoms with E-state index in [2.05, 4.69) is 55.6 Å². The van der Waals surface area contributed by atoms with E-state index in [0.29, 0.717) is 12.5 Å². The van der Waals surface area contributed by atoms with E-state index >= 15 is 0 Å². The summed E-state index contributed by atoms with van der Waals surface area (Å²) in [6.07, 6.45) is 2.79. The van der Waals surface area contributed by atoms with Crippen LogP contribution in [0, 0.1) is 5.92 Å². The van der Waals surface area contributed by atoms with Crippen molar-refractivity contribution in [3.63, 3.8) is 0 Å². The van der Waals surface area contributed by atoms with E-state index in [4.69, 9.17) is 0 Å². The quantitative estimate of drug-likeness (QED) is 0.314. The van der Waals surface area contributed by atoms with E-state index in [1.165, 1.54) is 11.3 Å². The van der Waals surface area contributed by atoms with Crippen molar-refractivity contribution in [3.05, 3.63) is 42.5 Å². The standard InChI is InChI=1S/C17H24N6S.HI/c1-18-17(19-10-16-20-13-21-22(16)2)23-9-8-14(11-23)12-24-15-6-4-3-5-7-15;/h3-7,13-14H,8-12H2,1-2H3,(H,18,19);1H. The van der Waals surface area contributed by atoms with Gasteiger partial charge in [0.1, 0.15) is 12.2 Å². The number of aryl methyl sites for hydroxylation is 1. The first-order valence-electron chi connectivity index (χ1n) is 8.22. The van der Waals surface area contributed by atoms with E-state index < -0.39 is 0 Å². The second kappa shape index (κ2) is 10.0. The molecule has 1 aliphatic heterocycles. The summed E-state index contributed by atoms with van der Waals surface area (Å²) in [5, 5.41) is 7.49. The van der Waals surface area contributed by atoms with Gasteiger partial charge in [0, 0.05) is 37.8 Å². The van der Waals surface area contributed by atoms with Gasteiger partial charge in [0.05, 0.1) is 6.54 Å². The van der Waals surface area contributed by atoms with Crippen molar-refractivity contribution in [3.8, 4) is 0 Å². The third-order valence-corrected chi connectivity index (χ3v) is 5.48. The number of hydrogen-bond acceptors (Lipinski definition) is 4. The second-order valence-electron chi connectivity index (χ2n) is 5.93. The average molecular weight is 472 g/mol. The van der Waals surface area contributed by atoms with Gasteiger partial charge in [0.25, 0.3) is 0 Å². The number of nitrogens with zero attached hydrogens (tertiary/aromatic N) is 5. The van der Waals surface area contributed by atoms with Crippen molar-refractivity contribution in [2.75, 3.05) is 25.9 Å². The van der Waals surface area contributed by atoms with Crippen molar-refractivity contribution in [1.82, 2.24) is 25.0 Å². The molecule has 1 aromatic carbocycles. The van der Waals surface area contributed by atoms with Gasteiger partial charge in [-0.25, -0.2) is 4.98 Å². The van der Waals surface area contributed by atoms with Crippen LogP contribution in [0.15, 0.2) is 46.5 Å². The number of aliphatic imine (C=N–C) groups is 1. The molecule has 0 amide bonds. The number of likely N-dealkylation sites (tertiary alicyclic amines) is 1. The fourth-order valence-corrected chi connectivity index (χ4v) is 3.91. The third-order valence-electron chi connectivity index (χ3n) is 4.24. The number of thioether (sulfide) groups is 1. The smallest absolute Gasteiger partial charge is 0.194 e. The van der Waals surface area contributed by atoms with Crippen LogP contribution in [-0.4, -0.2) is 51.5 Å². The van der Waals surface area contributed by atoms with Crippen molar-refractivity contribution in [1.29, 1.82) is 0 Å². The SMILES string of the molecule is CN=C(NCc1ncnn1C)N1CCC(CSc2ccccc2)C1.I. The zero-order valence-electron chi connectivity index (χ0n) is 14.6. The molecule has 3 rings (SSSR count). The first-order chi connectivity index (χ1) is 11.8. The second-order valence-corrected chi connectivity index (χ2v) is 7.02. The van der Waals surface area contributed by atoms with Gasteiger partial charge in [-0.05, 0) is 24.5 Å². The maximum Gasteiger partial charge on any atom is 0.194 e. The number of hydrogen-bond donors (Lipinski definition) is 1. The average Bonchev–Trinajstić information content (AvgIpc) is 3.24. The van der Waals surface area contributed by atoms with Crippen molar-refractivity contribution in [2.24, 2.45) is 18.0 Å². The van der Waals surface area contributed by atoms with Crippen molar-refractivity contribution < 1.29 is 0 Å². The predicted octanol–water partition coefficient (Wildman–Crippen LogP) is 2.62. The van der Waals surface area contributed by atoms with E-state index in [0.717, 1.165) is 30.6 Å². The third kappa shape index (κ3) is 5.60. The Kier molecular flexibility index (Phi) is 8.01. The lowest BCUT2D eigenvalue weighted by atomic mass is 10.2. The minimum absolute atomic E-state index is 0. The number of nitrogens with one attached hydrogen (secondary N) is 1. The molecule has 1 N–H and O–H groups in total. The summed E-state index contributed by atoms with van der Waals surface area (Å²) in [4.78, 5) is 12.3. The molecule has 0 spiro atoms. The Hall–Kier alpha value is -1.29. The maximum atomic E-state index is 4.42. The highest BCUT2D eigenvalue weighted by Crippen LogP contribution is 2.25. The largest absolute Gasteiger partial charge is 0.349 e. The highest BCUT2D eigenvalue weighted by atomic mass is 127. The van der Waals surface area contributed by atoms with Gasteiger partial charge in [0.15, 0.2) is 5.96 Å². The Morgan fingerprint density at radius 3 is 2.84 bits per heavy atom. The molecule has 1 fully saturated rings. The Balaban J connectivity index is 0.00000225. The summed E-state index contributed by atoms with van der Waals surface area (Å²) in [5.74, 6) is 3.71. The van der Waals surface area contributed by atoms with E-state index in [9.17, 15) is 0 Å². The summed E-state index contributed by atoms with van der Waals surface area (Å²) >= 11 is 1.94. The van der Waals surface area contributed by atoms with Gasteiger partial charge in [-0.3, -0.25) is 9.67 Å². The zero-order valence-corrected chi connectivity index (χ0v) is 17.8. The monoisotopic (exact) mass is 472 g/mol. The zero-order chi connectivity index (χ0) is 16.8. The van der Waals surface area contributed by atoms with Gasteiger partial charge in [0.2, 0.25) is 0 Å². The van der Waals surface area contributed by atoms with Gasteiger partial charge in [-0.1, -0.05) is 18.2 Å². The van der Waals surface area contributed by atoms with Crippen LogP contribution in [0.2, 0.25) is 0 Å². The molecule has 1 aromatic heterocycles. The molecule has 1 aliphatic rings. The van der Waals surface area contributed by atoms with Crippen molar-refractivity contribution in [2.45, 2.75) is 17.9 Å².